The van der Waals surface area contributed by atoms with Gasteiger partial charge >= 0.3 is 0 Å². The summed E-state index contributed by atoms with van der Waals surface area (Å²) in [6, 6.07) is 149. The minimum absolute atomic E-state index is 0.0804. The lowest BCUT2D eigenvalue weighted by molar-refractivity contribution is 0.131. The Morgan fingerprint density at radius 2 is 0.430 bits per heavy atom. The van der Waals surface area contributed by atoms with Gasteiger partial charge in [-0.3, -0.25) is 0 Å². The first-order valence-electron chi connectivity index (χ1n) is 38.8. The second-order valence-electron chi connectivity index (χ2n) is 27.2. The summed E-state index contributed by atoms with van der Waals surface area (Å²) < 4.78 is 28.3. The number of hydrogen-bond donors (Lipinski definition) is 0. The molecule has 15 aromatic rings. The first-order valence-corrected chi connectivity index (χ1v) is 44.9. The second kappa shape index (κ2) is 45.1. The SMILES string of the molecule is CC(C)(C)Oc1ccc([S+](c2ccccc2)c2ccccc2)cc1.CC(C)Oc1ccc([S+](c2ccccc2)c2ccccc2)cc1.CCCCOc1ccc([S+](c2ccccc2)c2ccccc2)cc1.CCOc1ccc([S+](c2ccccc2)c2ccccc2)cc1.COc1ccc([S+](c2ccccc2)c2ccccc2)cc1. The summed E-state index contributed by atoms with van der Waals surface area (Å²) in [5, 5.41) is 0. The standard InChI is InChI=1S/2C22H23OS.C21H21OS.C20H19OS.C19H17OS/c1-22(2,3)23-18-14-16-21(17-15-18)24(19-10-6-4-7-11-19)20-12-8-5-9-13-20;1-2-3-18-23-19-14-16-22(17-15-19)24(20-10-6-4-7-11-20)21-12-8-5-9-13-21;1-17(2)22-18-13-15-21(16-14-18)23(19-9-5-3-6-10-19)20-11-7-4-8-12-20;1-2-21-17-13-15-20(16-14-17)22(18-9-5-3-6-10-18)19-11-7-4-8-12-19;1-20-16-12-14-19(15-13-16)21(17-8-4-2-5-9-17)18-10-6-3-7-11-18/h4-17H,1-3H3;4-17H,2-3,18H2,1H3;3-17H,1-2H3;3-16H,2H2,1H3;2-15H,1H3/q5*+1. The summed E-state index contributed by atoms with van der Waals surface area (Å²) in [5.74, 6) is 4.61. The Morgan fingerprint density at radius 1 is 0.237 bits per heavy atom. The van der Waals surface area contributed by atoms with E-state index in [0.717, 1.165) is 48.2 Å². The van der Waals surface area contributed by atoms with Crippen LogP contribution in [0.15, 0.2) is 498 Å². The second-order valence-corrected chi connectivity index (χ2v) is 37.4. The molecule has 0 unspecified atom stereocenters. The Morgan fingerprint density at radius 3 is 0.623 bits per heavy atom. The third-order valence-corrected chi connectivity index (χ3v) is 28.3. The molecule has 0 saturated heterocycles. The highest BCUT2D eigenvalue weighted by molar-refractivity contribution is 7.98. The molecule has 0 amide bonds. The van der Waals surface area contributed by atoms with E-state index < -0.39 is 0 Å². The topological polar surface area (TPSA) is 46.2 Å². The van der Waals surface area contributed by atoms with E-state index >= 15 is 0 Å². The van der Waals surface area contributed by atoms with Crippen molar-refractivity contribution < 1.29 is 23.7 Å². The molecule has 0 N–H and O–H groups in total. The van der Waals surface area contributed by atoms with E-state index in [4.69, 9.17) is 23.7 Å². The van der Waals surface area contributed by atoms with Crippen LogP contribution in [-0.2, 0) is 54.5 Å². The lowest BCUT2D eigenvalue weighted by Gasteiger charge is -2.21. The molecule has 0 saturated carbocycles. The van der Waals surface area contributed by atoms with E-state index in [-0.39, 0.29) is 66.2 Å². The molecule has 0 bridgehead atoms. The maximum absolute atomic E-state index is 5.95. The number of hydrogen-bond acceptors (Lipinski definition) is 5. The summed E-state index contributed by atoms with van der Waals surface area (Å²) in [6.45, 7) is 16.0. The van der Waals surface area contributed by atoms with Crippen molar-refractivity contribution >= 4 is 54.5 Å². The summed E-state index contributed by atoms with van der Waals surface area (Å²) in [5.41, 5.74) is -0.179. The molecule has 574 valence electrons. The third-order valence-electron chi connectivity index (χ3n) is 17.2. The van der Waals surface area contributed by atoms with Gasteiger partial charge in [0.15, 0.2) is 73.4 Å². The van der Waals surface area contributed by atoms with Crippen LogP contribution in [0.1, 0.15) is 61.3 Å². The molecule has 0 aromatic heterocycles. The van der Waals surface area contributed by atoms with Gasteiger partial charge in [0.25, 0.3) is 0 Å². The predicted molar refractivity (Wildman–Crippen MR) is 482 cm³/mol. The van der Waals surface area contributed by atoms with Crippen molar-refractivity contribution in [2.45, 2.75) is 146 Å². The lowest BCUT2D eigenvalue weighted by atomic mass is 10.2. The van der Waals surface area contributed by atoms with E-state index in [0.29, 0.717) is 6.61 Å². The zero-order valence-electron chi connectivity index (χ0n) is 66.4. The quantitative estimate of drug-likeness (QED) is 0.0421. The third kappa shape index (κ3) is 25.8. The molecular formula is C104H103O5S5+5. The van der Waals surface area contributed by atoms with Gasteiger partial charge in [0.2, 0.25) is 0 Å². The van der Waals surface area contributed by atoms with Crippen molar-refractivity contribution in [3.63, 3.8) is 0 Å². The fourth-order valence-corrected chi connectivity index (χ4v) is 22.5. The largest absolute Gasteiger partial charge is 0.497 e. The molecular weight excluding hydrogens is 1490 g/mol. The van der Waals surface area contributed by atoms with Crippen LogP contribution in [0.5, 0.6) is 28.7 Å². The van der Waals surface area contributed by atoms with Crippen molar-refractivity contribution in [2.75, 3.05) is 20.3 Å². The van der Waals surface area contributed by atoms with Gasteiger partial charge in [0.1, 0.15) is 34.3 Å². The number of unbranched alkanes of at least 4 members (excludes halogenated alkanes) is 1. The summed E-state index contributed by atoms with van der Waals surface area (Å²) in [4.78, 5) is 19.8. The molecule has 15 aromatic carbocycles. The number of ether oxygens (including phenoxy) is 5. The molecule has 15 rings (SSSR count). The normalized spacial score (nSPS) is 10.9. The molecule has 0 aliphatic heterocycles. The van der Waals surface area contributed by atoms with Crippen molar-refractivity contribution in [1.29, 1.82) is 0 Å². The highest BCUT2D eigenvalue weighted by Gasteiger charge is 2.33. The zero-order chi connectivity index (χ0) is 79.4. The molecule has 0 atom stereocenters. The fraction of sp³-hybridized carbons (Fsp3) is 0.135. The van der Waals surface area contributed by atoms with Crippen LogP contribution in [-0.4, -0.2) is 32.0 Å². The van der Waals surface area contributed by atoms with Crippen LogP contribution < -0.4 is 23.7 Å². The Bertz CT molecular complexity index is 4900. The molecule has 5 nitrogen and oxygen atoms in total. The van der Waals surface area contributed by atoms with Crippen molar-refractivity contribution in [3.05, 3.63) is 425 Å². The molecule has 0 aliphatic rings. The summed E-state index contributed by atoms with van der Waals surface area (Å²) in [6.07, 6.45) is 2.45. The smallest absolute Gasteiger partial charge is 0.166 e. The first-order chi connectivity index (χ1) is 55.9. The van der Waals surface area contributed by atoms with E-state index in [1.54, 1.807) is 7.11 Å². The molecule has 0 spiro atoms. The summed E-state index contributed by atoms with van der Waals surface area (Å²) in [7, 11) is 1.26. The van der Waals surface area contributed by atoms with Gasteiger partial charge in [0, 0.05) is 0 Å². The van der Waals surface area contributed by atoms with Crippen LogP contribution >= 0.6 is 0 Å². The maximum atomic E-state index is 5.95. The van der Waals surface area contributed by atoms with E-state index in [2.05, 4.69) is 440 Å². The minimum atomic E-state index is -0.179. The molecule has 0 aliphatic carbocycles. The number of benzene rings is 15. The van der Waals surface area contributed by atoms with E-state index in [1.165, 1.54) is 73.4 Å². The van der Waals surface area contributed by atoms with Gasteiger partial charge in [0.05, 0.1) is 80.9 Å². The molecule has 10 heteroatoms. The number of methoxy groups -OCH3 is 1. The Labute approximate surface area is 692 Å². The van der Waals surface area contributed by atoms with Crippen molar-refractivity contribution in [2.24, 2.45) is 0 Å². The molecule has 0 radical (unpaired) electrons. The van der Waals surface area contributed by atoms with Crippen LogP contribution in [0.4, 0.5) is 0 Å². The molecule has 0 heterocycles. The summed E-state index contributed by atoms with van der Waals surface area (Å²) >= 11 is 0. The average molecular weight is 1590 g/mol. The van der Waals surface area contributed by atoms with Gasteiger partial charge in [-0.2, -0.15) is 0 Å². The lowest BCUT2D eigenvalue weighted by Crippen LogP contribution is -2.22. The Kier molecular flexibility index (Phi) is 33.2. The van der Waals surface area contributed by atoms with Crippen molar-refractivity contribution in [3.8, 4) is 28.7 Å². The van der Waals surface area contributed by atoms with Crippen LogP contribution in [0, 0.1) is 0 Å². The van der Waals surface area contributed by atoms with Crippen molar-refractivity contribution in [1.82, 2.24) is 0 Å². The van der Waals surface area contributed by atoms with Gasteiger partial charge in [-0.25, -0.2) is 0 Å². The molecule has 0 fully saturated rings. The van der Waals surface area contributed by atoms with E-state index in [1.807, 2.05) is 32.9 Å². The van der Waals surface area contributed by atoms with E-state index in [9.17, 15) is 0 Å². The number of rotatable bonds is 25. The highest BCUT2D eigenvalue weighted by atomic mass is 32.2. The highest BCUT2D eigenvalue weighted by Crippen LogP contribution is 2.38. The maximum Gasteiger partial charge on any atom is 0.166 e. The zero-order valence-corrected chi connectivity index (χ0v) is 70.5. The monoisotopic (exact) mass is 1590 g/mol. The molecule has 114 heavy (non-hydrogen) atoms. The van der Waals surface area contributed by atoms with Crippen LogP contribution in [0.25, 0.3) is 0 Å². The van der Waals surface area contributed by atoms with Gasteiger partial charge in [-0.05, 0) is 291 Å². The Balaban J connectivity index is 0.000000141. The van der Waals surface area contributed by atoms with Crippen LogP contribution in [0.3, 0.4) is 0 Å². The minimum Gasteiger partial charge on any atom is -0.497 e. The average Bonchev–Trinajstić information content (AvgIpc) is 0.840. The Hall–Kier alpha value is -11.0. The van der Waals surface area contributed by atoms with Gasteiger partial charge < -0.3 is 23.7 Å². The van der Waals surface area contributed by atoms with Gasteiger partial charge in [-0.1, -0.05) is 195 Å². The van der Waals surface area contributed by atoms with Gasteiger partial charge in [-0.15, -0.1) is 0 Å². The first kappa shape index (κ1) is 84.0. The fourth-order valence-electron chi connectivity index (χ4n) is 12.1. The predicted octanol–water partition coefficient (Wildman–Crippen LogP) is 27.5. The van der Waals surface area contributed by atoms with Crippen LogP contribution in [0.2, 0.25) is 0 Å².